The van der Waals surface area contributed by atoms with Gasteiger partial charge in [0.05, 0.1) is 12.2 Å². The van der Waals surface area contributed by atoms with E-state index in [0.29, 0.717) is 24.0 Å². The van der Waals surface area contributed by atoms with E-state index < -0.39 is 0 Å². The second kappa shape index (κ2) is 4.64. The van der Waals surface area contributed by atoms with Gasteiger partial charge in [-0.05, 0) is 12.5 Å². The highest BCUT2D eigenvalue weighted by Gasteiger charge is 2.15. The highest BCUT2D eigenvalue weighted by Crippen LogP contribution is 2.17. The van der Waals surface area contributed by atoms with Gasteiger partial charge < -0.3 is 4.52 Å². The van der Waals surface area contributed by atoms with E-state index in [1.165, 1.54) is 5.56 Å². The van der Waals surface area contributed by atoms with Gasteiger partial charge >= 0.3 is 0 Å². The number of aryl methyl sites for hydroxylation is 1. The quantitative estimate of drug-likeness (QED) is 0.715. The van der Waals surface area contributed by atoms with E-state index in [4.69, 9.17) is 4.52 Å². The number of hydrogen-bond donors (Lipinski definition) is 0. The van der Waals surface area contributed by atoms with Crippen molar-refractivity contribution in [3.63, 3.8) is 0 Å². The van der Waals surface area contributed by atoms with Crippen LogP contribution in [0.4, 0.5) is 0 Å². The summed E-state index contributed by atoms with van der Waals surface area (Å²) >= 11 is 0. The molecule has 0 aliphatic carbocycles. The zero-order valence-electron chi connectivity index (χ0n) is 10.7. The Bertz CT molecular complexity index is 686. The smallest absolute Gasteiger partial charge is 0.224 e. The topological polar surface area (TPSA) is 69.6 Å². The first-order valence-electron chi connectivity index (χ1n) is 5.99. The van der Waals surface area contributed by atoms with E-state index in [9.17, 15) is 0 Å². The summed E-state index contributed by atoms with van der Waals surface area (Å²) < 4.78 is 6.79. The lowest BCUT2D eigenvalue weighted by atomic mass is 10.2. The van der Waals surface area contributed by atoms with Crippen LogP contribution >= 0.6 is 0 Å². The Balaban J connectivity index is 1.91. The lowest BCUT2D eigenvalue weighted by Crippen LogP contribution is -2.03. The highest BCUT2D eigenvalue weighted by molar-refractivity contribution is 5.50. The largest absolute Gasteiger partial charge is 0.339 e. The number of nitrogens with zero attached hydrogens (tertiary/aromatic N) is 5. The Morgan fingerprint density at radius 3 is 2.63 bits per heavy atom. The zero-order chi connectivity index (χ0) is 13.2. The molecular formula is C13H13N5O. The molecule has 6 nitrogen and oxygen atoms in total. The van der Waals surface area contributed by atoms with Gasteiger partial charge in [-0.2, -0.15) is 4.98 Å². The molecule has 3 rings (SSSR count). The van der Waals surface area contributed by atoms with Gasteiger partial charge in [-0.15, -0.1) is 5.10 Å². The molecule has 0 fully saturated rings. The fraction of sp³-hybridized carbons (Fsp3) is 0.231. The van der Waals surface area contributed by atoms with Crippen LogP contribution in [0.15, 0.2) is 34.9 Å². The van der Waals surface area contributed by atoms with Crippen molar-refractivity contribution in [1.29, 1.82) is 0 Å². The molecule has 3 aromatic rings. The minimum absolute atomic E-state index is 0.481. The van der Waals surface area contributed by atoms with E-state index in [2.05, 4.69) is 32.6 Å². The van der Waals surface area contributed by atoms with Gasteiger partial charge in [0.2, 0.25) is 11.7 Å². The normalized spacial score (nSPS) is 10.8. The van der Waals surface area contributed by atoms with Crippen LogP contribution in [0.5, 0.6) is 0 Å². The predicted octanol–water partition coefficient (Wildman–Crippen LogP) is 1.99. The molecule has 19 heavy (non-hydrogen) atoms. The van der Waals surface area contributed by atoms with Crippen molar-refractivity contribution in [2.24, 2.45) is 0 Å². The van der Waals surface area contributed by atoms with E-state index in [-0.39, 0.29) is 0 Å². The molecule has 2 aromatic heterocycles. The summed E-state index contributed by atoms with van der Waals surface area (Å²) in [5.41, 5.74) is 2.75. The molecule has 0 unspecified atom stereocenters. The number of benzene rings is 1. The van der Waals surface area contributed by atoms with Gasteiger partial charge in [0.1, 0.15) is 0 Å². The summed E-state index contributed by atoms with van der Waals surface area (Å²) in [6, 6.07) is 10.1. The molecule has 0 spiro atoms. The molecule has 1 aromatic carbocycles. The van der Waals surface area contributed by atoms with Crippen LogP contribution in [0.25, 0.3) is 11.5 Å². The summed E-state index contributed by atoms with van der Waals surface area (Å²) in [5.74, 6) is 1.00. The van der Waals surface area contributed by atoms with Crippen LogP contribution in [-0.2, 0) is 6.54 Å². The molecule has 0 radical (unpaired) electrons. The molecule has 0 saturated heterocycles. The van der Waals surface area contributed by atoms with Crippen molar-refractivity contribution in [2.45, 2.75) is 20.4 Å². The molecule has 2 heterocycles. The summed E-state index contributed by atoms with van der Waals surface area (Å²) in [6.07, 6.45) is 0. The third kappa shape index (κ3) is 2.24. The van der Waals surface area contributed by atoms with Crippen molar-refractivity contribution in [2.75, 3.05) is 0 Å². The molecule has 0 amide bonds. The Morgan fingerprint density at radius 1 is 1.16 bits per heavy atom. The van der Waals surface area contributed by atoms with Gasteiger partial charge in [0.25, 0.3) is 0 Å². The van der Waals surface area contributed by atoms with Crippen LogP contribution in [-0.4, -0.2) is 25.1 Å². The first kappa shape index (κ1) is 11.6. The summed E-state index contributed by atoms with van der Waals surface area (Å²) in [5, 5.41) is 12.1. The Kier molecular flexibility index (Phi) is 2.83. The lowest BCUT2D eigenvalue weighted by Gasteiger charge is -2.02. The van der Waals surface area contributed by atoms with Gasteiger partial charge in [-0.1, -0.05) is 40.7 Å². The van der Waals surface area contributed by atoms with Gasteiger partial charge in [0.15, 0.2) is 5.69 Å². The lowest BCUT2D eigenvalue weighted by molar-refractivity contribution is 0.394. The molecular weight excluding hydrogens is 242 g/mol. The molecule has 0 bridgehead atoms. The third-order valence-electron chi connectivity index (χ3n) is 2.90. The van der Waals surface area contributed by atoms with Crippen molar-refractivity contribution in [3.8, 4) is 11.5 Å². The summed E-state index contributed by atoms with van der Waals surface area (Å²) in [6.45, 7) is 4.38. The average molecular weight is 255 g/mol. The molecule has 96 valence electrons. The molecule has 6 heteroatoms. The molecule has 0 aliphatic rings. The van der Waals surface area contributed by atoms with Gasteiger partial charge in [-0.25, -0.2) is 4.68 Å². The van der Waals surface area contributed by atoms with Gasteiger partial charge in [0, 0.05) is 6.92 Å². The fourth-order valence-corrected chi connectivity index (χ4v) is 1.87. The van der Waals surface area contributed by atoms with Crippen molar-refractivity contribution < 1.29 is 4.52 Å². The maximum atomic E-state index is 4.96. The maximum absolute atomic E-state index is 4.96. The van der Waals surface area contributed by atoms with Crippen molar-refractivity contribution in [1.82, 2.24) is 25.1 Å². The second-order valence-corrected chi connectivity index (χ2v) is 4.30. The van der Waals surface area contributed by atoms with Crippen molar-refractivity contribution >= 4 is 0 Å². The van der Waals surface area contributed by atoms with Crippen LogP contribution in [0.3, 0.4) is 0 Å². The minimum atomic E-state index is 0.481. The first-order valence-corrected chi connectivity index (χ1v) is 5.99. The van der Waals surface area contributed by atoms with E-state index in [1.807, 2.05) is 29.8 Å². The zero-order valence-corrected chi connectivity index (χ0v) is 10.7. The third-order valence-corrected chi connectivity index (χ3v) is 2.90. The Morgan fingerprint density at radius 2 is 1.95 bits per heavy atom. The van der Waals surface area contributed by atoms with Crippen molar-refractivity contribution in [3.05, 3.63) is 47.5 Å². The molecule has 0 N–H and O–H groups in total. The fourth-order valence-electron chi connectivity index (χ4n) is 1.87. The predicted molar refractivity (Wildman–Crippen MR) is 68.3 cm³/mol. The number of hydrogen-bond acceptors (Lipinski definition) is 5. The highest BCUT2D eigenvalue weighted by atomic mass is 16.5. The average Bonchev–Trinajstić information content (AvgIpc) is 2.99. The standard InChI is InChI=1S/C13H13N5O/c1-9-12(13-14-10(2)19-16-13)15-17-18(9)8-11-6-4-3-5-7-11/h3-7H,8H2,1-2H3. The van der Waals surface area contributed by atoms with E-state index in [0.717, 1.165) is 5.69 Å². The van der Waals surface area contributed by atoms with E-state index in [1.54, 1.807) is 6.92 Å². The van der Waals surface area contributed by atoms with Crippen LogP contribution < -0.4 is 0 Å². The molecule has 0 saturated carbocycles. The number of rotatable bonds is 3. The SMILES string of the molecule is Cc1nc(-c2nnn(Cc3ccccc3)c2C)no1. The van der Waals surface area contributed by atoms with Crippen LogP contribution in [0.2, 0.25) is 0 Å². The van der Waals surface area contributed by atoms with E-state index >= 15 is 0 Å². The van der Waals surface area contributed by atoms with Crippen LogP contribution in [0, 0.1) is 13.8 Å². The molecule has 0 atom stereocenters. The second-order valence-electron chi connectivity index (χ2n) is 4.30. The maximum Gasteiger partial charge on any atom is 0.224 e. The number of aromatic nitrogens is 5. The summed E-state index contributed by atoms with van der Waals surface area (Å²) in [4.78, 5) is 4.17. The molecule has 0 aliphatic heterocycles. The monoisotopic (exact) mass is 255 g/mol. The Hall–Kier alpha value is -2.50. The first-order chi connectivity index (χ1) is 9.24. The summed E-state index contributed by atoms with van der Waals surface area (Å²) in [7, 11) is 0. The van der Waals surface area contributed by atoms with Crippen LogP contribution in [0.1, 0.15) is 17.1 Å². The minimum Gasteiger partial charge on any atom is -0.339 e. The van der Waals surface area contributed by atoms with Gasteiger partial charge in [-0.3, -0.25) is 0 Å². The Labute approximate surface area is 110 Å².